The van der Waals surface area contributed by atoms with Gasteiger partial charge in [0.1, 0.15) is 5.75 Å². The monoisotopic (exact) mass is 489 g/mol. The van der Waals surface area contributed by atoms with Gasteiger partial charge in [-0.2, -0.15) is 0 Å². The molecule has 0 amide bonds. The standard InChI is InChI=1S/C21H16ClN3O3S3/c1-28-20-11-17(8-9-18(20)22)31(26,27)25-21-24-19(13-30-21)14-4-6-15(7-5-14)23-12-16-3-2-10-29-16/h2-13H,1H3,(H,24,25). The maximum atomic E-state index is 12.7. The lowest BCUT2D eigenvalue weighted by atomic mass is 10.1. The second-order valence-electron chi connectivity index (χ2n) is 6.26. The third kappa shape index (κ3) is 5.13. The number of hydrogen-bond acceptors (Lipinski definition) is 7. The summed E-state index contributed by atoms with van der Waals surface area (Å²) in [6.07, 6.45) is 1.82. The summed E-state index contributed by atoms with van der Waals surface area (Å²) in [6.45, 7) is 0. The SMILES string of the molecule is COc1cc(S(=O)(=O)Nc2nc(-c3ccc(N=Cc4cccs4)cc3)cs2)ccc1Cl. The van der Waals surface area contributed by atoms with Gasteiger partial charge in [-0.05, 0) is 35.7 Å². The Morgan fingerprint density at radius 2 is 1.94 bits per heavy atom. The summed E-state index contributed by atoms with van der Waals surface area (Å²) < 4.78 is 33.0. The zero-order chi connectivity index (χ0) is 21.8. The average Bonchev–Trinajstić information content (AvgIpc) is 3.45. The highest BCUT2D eigenvalue weighted by atomic mass is 35.5. The fraction of sp³-hybridized carbons (Fsp3) is 0.0476. The zero-order valence-electron chi connectivity index (χ0n) is 16.2. The number of aliphatic imine (C=N–C) groups is 1. The average molecular weight is 490 g/mol. The molecule has 4 rings (SSSR count). The highest BCUT2D eigenvalue weighted by molar-refractivity contribution is 7.93. The molecule has 0 saturated heterocycles. The van der Waals surface area contributed by atoms with Gasteiger partial charge in [-0.3, -0.25) is 9.71 Å². The van der Waals surface area contributed by atoms with Gasteiger partial charge < -0.3 is 4.74 Å². The molecule has 2 aromatic heterocycles. The van der Waals surface area contributed by atoms with E-state index >= 15 is 0 Å². The number of halogens is 1. The van der Waals surface area contributed by atoms with E-state index in [0.717, 1.165) is 16.1 Å². The van der Waals surface area contributed by atoms with Gasteiger partial charge in [0.05, 0.1) is 28.4 Å². The maximum absolute atomic E-state index is 12.7. The summed E-state index contributed by atoms with van der Waals surface area (Å²) in [5.41, 5.74) is 2.36. The van der Waals surface area contributed by atoms with Crippen molar-refractivity contribution < 1.29 is 13.2 Å². The Morgan fingerprint density at radius 3 is 2.65 bits per heavy atom. The predicted octanol–water partition coefficient (Wildman–Crippen LogP) is 6.09. The molecule has 31 heavy (non-hydrogen) atoms. The second-order valence-corrected chi connectivity index (χ2v) is 10.2. The van der Waals surface area contributed by atoms with E-state index in [-0.39, 0.29) is 15.8 Å². The van der Waals surface area contributed by atoms with Crippen LogP contribution in [0.2, 0.25) is 5.02 Å². The van der Waals surface area contributed by atoms with Crippen LogP contribution in [-0.2, 0) is 10.0 Å². The molecule has 0 fully saturated rings. The van der Waals surface area contributed by atoms with E-state index in [9.17, 15) is 8.42 Å². The Labute approximate surface area is 192 Å². The van der Waals surface area contributed by atoms with Crippen molar-refractivity contribution >= 4 is 61.3 Å². The van der Waals surface area contributed by atoms with Crippen LogP contribution < -0.4 is 9.46 Å². The number of aromatic nitrogens is 1. The second kappa shape index (κ2) is 9.19. The Morgan fingerprint density at radius 1 is 1.13 bits per heavy atom. The molecule has 0 aliphatic heterocycles. The van der Waals surface area contributed by atoms with Crippen molar-refractivity contribution in [2.75, 3.05) is 11.8 Å². The van der Waals surface area contributed by atoms with Gasteiger partial charge in [-0.15, -0.1) is 22.7 Å². The molecular formula is C21H16ClN3O3S3. The van der Waals surface area contributed by atoms with Crippen LogP contribution >= 0.6 is 34.3 Å². The fourth-order valence-corrected chi connectivity index (χ4v) is 5.42. The lowest BCUT2D eigenvalue weighted by molar-refractivity contribution is 0.413. The number of ether oxygens (including phenoxy) is 1. The Kier molecular flexibility index (Phi) is 6.38. The van der Waals surface area contributed by atoms with E-state index in [1.807, 2.05) is 48.0 Å². The van der Waals surface area contributed by atoms with Crippen LogP contribution in [0.5, 0.6) is 5.75 Å². The molecule has 0 atom stereocenters. The number of thiazole rings is 1. The van der Waals surface area contributed by atoms with Gasteiger partial charge in [-0.25, -0.2) is 13.4 Å². The summed E-state index contributed by atoms with van der Waals surface area (Å²) in [5.74, 6) is 0.284. The molecule has 0 unspecified atom stereocenters. The van der Waals surface area contributed by atoms with E-state index in [1.54, 1.807) is 16.7 Å². The van der Waals surface area contributed by atoms with Crippen LogP contribution in [0.15, 0.2) is 75.2 Å². The summed E-state index contributed by atoms with van der Waals surface area (Å²) >= 11 is 8.80. The topological polar surface area (TPSA) is 80.7 Å². The number of benzene rings is 2. The molecule has 0 spiro atoms. The third-order valence-corrected chi connectivity index (χ3v) is 7.55. The number of methoxy groups -OCH3 is 1. The van der Waals surface area contributed by atoms with Crippen LogP contribution in [-0.4, -0.2) is 26.7 Å². The van der Waals surface area contributed by atoms with Gasteiger partial charge in [0.25, 0.3) is 10.0 Å². The van der Waals surface area contributed by atoms with E-state index in [4.69, 9.17) is 16.3 Å². The largest absolute Gasteiger partial charge is 0.495 e. The number of nitrogens with zero attached hydrogens (tertiary/aromatic N) is 2. The summed E-state index contributed by atoms with van der Waals surface area (Å²) in [4.78, 5) is 9.97. The first-order chi connectivity index (χ1) is 14.9. The summed E-state index contributed by atoms with van der Waals surface area (Å²) in [6, 6.07) is 15.8. The number of thiophene rings is 1. The van der Waals surface area contributed by atoms with E-state index in [2.05, 4.69) is 14.7 Å². The number of rotatable bonds is 7. The summed E-state index contributed by atoms with van der Waals surface area (Å²) in [5, 5.41) is 4.40. The fourth-order valence-electron chi connectivity index (χ4n) is 2.66. The van der Waals surface area contributed by atoms with Gasteiger partial charge >= 0.3 is 0 Å². The molecule has 0 aliphatic rings. The zero-order valence-corrected chi connectivity index (χ0v) is 19.4. The van der Waals surface area contributed by atoms with E-state index in [1.165, 1.54) is 36.6 Å². The molecule has 10 heteroatoms. The molecule has 0 saturated carbocycles. The Balaban J connectivity index is 1.49. The van der Waals surface area contributed by atoms with Crippen molar-refractivity contribution in [3.8, 4) is 17.0 Å². The molecule has 0 bridgehead atoms. The molecule has 0 aliphatic carbocycles. The van der Waals surface area contributed by atoms with Crippen molar-refractivity contribution in [3.63, 3.8) is 0 Å². The van der Waals surface area contributed by atoms with E-state index in [0.29, 0.717) is 10.7 Å². The van der Waals surface area contributed by atoms with Crippen LogP contribution in [0.1, 0.15) is 4.88 Å². The summed E-state index contributed by atoms with van der Waals surface area (Å²) in [7, 11) is -2.40. The van der Waals surface area contributed by atoms with Crippen LogP contribution in [0.4, 0.5) is 10.8 Å². The Bertz CT molecular complexity index is 1320. The van der Waals surface area contributed by atoms with E-state index < -0.39 is 10.0 Å². The predicted molar refractivity (Wildman–Crippen MR) is 128 cm³/mol. The van der Waals surface area contributed by atoms with Gasteiger partial charge in [0.2, 0.25) is 0 Å². The maximum Gasteiger partial charge on any atom is 0.263 e. The molecule has 2 aromatic carbocycles. The first-order valence-corrected chi connectivity index (χ1v) is 12.6. The smallest absolute Gasteiger partial charge is 0.263 e. The van der Waals surface area contributed by atoms with Crippen molar-refractivity contribution in [2.24, 2.45) is 4.99 Å². The van der Waals surface area contributed by atoms with Crippen LogP contribution in [0, 0.1) is 0 Å². The van der Waals surface area contributed by atoms with Gasteiger partial charge in [-0.1, -0.05) is 29.8 Å². The molecule has 6 nitrogen and oxygen atoms in total. The molecule has 2 heterocycles. The quantitative estimate of drug-likeness (QED) is 0.319. The number of hydrogen-bond donors (Lipinski definition) is 1. The van der Waals surface area contributed by atoms with Crippen molar-refractivity contribution in [3.05, 3.63) is 75.3 Å². The minimum atomic E-state index is -3.83. The van der Waals surface area contributed by atoms with Crippen LogP contribution in [0.3, 0.4) is 0 Å². The molecule has 158 valence electrons. The molecule has 4 aromatic rings. The first-order valence-electron chi connectivity index (χ1n) is 8.94. The van der Waals surface area contributed by atoms with Gasteiger partial charge in [0, 0.05) is 28.1 Å². The number of nitrogens with one attached hydrogen (secondary N) is 1. The van der Waals surface area contributed by atoms with Crippen molar-refractivity contribution in [1.82, 2.24) is 4.98 Å². The lowest BCUT2D eigenvalue weighted by Gasteiger charge is -2.08. The van der Waals surface area contributed by atoms with Crippen LogP contribution in [0.25, 0.3) is 11.3 Å². The first kappa shape index (κ1) is 21.5. The lowest BCUT2D eigenvalue weighted by Crippen LogP contribution is -2.12. The molecular weight excluding hydrogens is 474 g/mol. The Hall–Kier alpha value is -2.72. The van der Waals surface area contributed by atoms with Crippen molar-refractivity contribution in [2.45, 2.75) is 4.90 Å². The third-order valence-electron chi connectivity index (χ3n) is 4.21. The number of anilines is 1. The molecule has 1 N–H and O–H groups in total. The number of sulfonamides is 1. The van der Waals surface area contributed by atoms with Crippen molar-refractivity contribution in [1.29, 1.82) is 0 Å². The normalized spacial score (nSPS) is 11.7. The highest BCUT2D eigenvalue weighted by Gasteiger charge is 2.18. The van der Waals surface area contributed by atoms with Gasteiger partial charge in [0.15, 0.2) is 5.13 Å². The minimum Gasteiger partial charge on any atom is -0.495 e. The minimum absolute atomic E-state index is 0.0402. The molecule has 0 radical (unpaired) electrons. The highest BCUT2D eigenvalue weighted by Crippen LogP contribution is 2.30.